The Kier molecular flexibility index (Phi) is 11.4. The van der Waals surface area contributed by atoms with Gasteiger partial charge in [0, 0.05) is 132 Å². The number of carbonyl (C=O) groups is 2. The van der Waals surface area contributed by atoms with E-state index in [0.29, 0.717) is 34.7 Å². The fourth-order valence-corrected chi connectivity index (χ4v) is 10.7. The predicted octanol–water partition coefficient (Wildman–Crippen LogP) is 9.98. The number of hydrogen-bond acceptors (Lipinski definition) is 8. The molecule has 0 unspecified atom stereocenters. The van der Waals surface area contributed by atoms with Crippen LogP contribution in [0.1, 0.15) is 59.8 Å². The molecule has 0 bridgehead atoms. The van der Waals surface area contributed by atoms with E-state index in [2.05, 4.69) is 54.2 Å². The number of rotatable bonds is 6. The third-order valence-electron chi connectivity index (χ3n) is 13.6. The number of hydrogen-bond donors (Lipinski definition) is 2. The van der Waals surface area contributed by atoms with Crippen LogP contribution in [-0.2, 0) is 22.4 Å². The summed E-state index contributed by atoms with van der Waals surface area (Å²) in [6, 6.07) is 23.9. The quantitative estimate of drug-likeness (QED) is 0.168. The molecule has 0 saturated carbocycles. The van der Waals surface area contributed by atoms with Crippen molar-refractivity contribution in [3.8, 4) is 33.8 Å². The number of nitrogens with zero attached hydrogens (tertiary/aromatic N) is 6. The van der Waals surface area contributed by atoms with E-state index in [-0.39, 0.29) is 11.8 Å². The van der Waals surface area contributed by atoms with Crippen molar-refractivity contribution in [2.24, 2.45) is 0 Å². The van der Waals surface area contributed by atoms with Crippen LogP contribution in [-0.4, -0.2) is 89.9 Å². The second kappa shape index (κ2) is 17.9. The smallest absolute Gasteiger partial charge is 0.263 e. The van der Waals surface area contributed by atoms with Crippen LogP contribution < -0.4 is 9.47 Å². The van der Waals surface area contributed by atoms with Crippen LogP contribution >= 0.6 is 23.2 Å². The first-order chi connectivity index (χ1) is 32.3. The number of nitrogens with one attached hydrogen (secondary N) is 2. The van der Waals surface area contributed by atoms with Gasteiger partial charge in [0.2, 0.25) is 0 Å². The average molecular weight is 918 g/mol. The lowest BCUT2D eigenvalue weighted by molar-refractivity contribution is -0.139. The van der Waals surface area contributed by atoms with Gasteiger partial charge in [0.1, 0.15) is 22.8 Å². The standard InChI is InChI=1S/2C26H23ClN4O2/c2*27-19-13-18-14-23(26(32)31-11-5-17(6-12-31)16-1-7-28-8-2-16)33-24(18)22(15-19)20-3-9-29-25-21(20)4-10-30-25/h2*1-4,7-10,13,15,17,23H,5-6,11-12,14H2,(H,29,30)/t2*23-/m10/s1. The lowest BCUT2D eigenvalue weighted by atomic mass is 9.90. The number of halogens is 2. The van der Waals surface area contributed by atoms with Crippen molar-refractivity contribution in [3.05, 3.63) is 155 Å². The molecule has 66 heavy (non-hydrogen) atoms. The molecular formula is C52H46Cl2N8O4. The lowest BCUT2D eigenvalue weighted by Gasteiger charge is -2.33. The molecule has 2 amide bonds. The van der Waals surface area contributed by atoms with E-state index in [1.807, 2.05) is 95.5 Å². The zero-order valence-corrected chi connectivity index (χ0v) is 37.5. The largest absolute Gasteiger partial charge is 0.479 e. The van der Waals surface area contributed by atoms with Crippen molar-refractivity contribution in [2.75, 3.05) is 26.2 Å². The van der Waals surface area contributed by atoms with Gasteiger partial charge in [0.15, 0.2) is 12.2 Å². The second-order valence-corrected chi connectivity index (χ2v) is 18.3. The monoisotopic (exact) mass is 916 g/mol. The summed E-state index contributed by atoms with van der Waals surface area (Å²) in [5, 5.41) is 3.27. The average Bonchev–Trinajstić information content (AvgIpc) is 4.21. The van der Waals surface area contributed by atoms with Crippen LogP contribution in [0.3, 0.4) is 0 Å². The molecular weight excluding hydrogens is 872 g/mol. The number of piperidine rings is 2. The summed E-state index contributed by atoms with van der Waals surface area (Å²) in [5.74, 6) is 2.56. The Morgan fingerprint density at radius 2 is 0.939 bits per heavy atom. The molecule has 0 radical (unpaired) electrons. The Morgan fingerprint density at radius 1 is 0.530 bits per heavy atom. The number of aromatic amines is 2. The highest BCUT2D eigenvalue weighted by Gasteiger charge is 2.38. The minimum absolute atomic E-state index is 0.0583. The van der Waals surface area contributed by atoms with Crippen molar-refractivity contribution in [3.63, 3.8) is 0 Å². The molecule has 10 heterocycles. The first-order valence-corrected chi connectivity index (χ1v) is 23.3. The fraction of sp³-hybridized carbons (Fsp3) is 0.269. The summed E-state index contributed by atoms with van der Waals surface area (Å²) < 4.78 is 12.6. The number of ether oxygens (including phenoxy) is 2. The minimum atomic E-state index is -0.516. The van der Waals surface area contributed by atoms with E-state index in [4.69, 9.17) is 32.7 Å². The van der Waals surface area contributed by atoms with E-state index in [1.165, 1.54) is 11.1 Å². The first kappa shape index (κ1) is 41.9. The van der Waals surface area contributed by atoms with E-state index in [9.17, 15) is 9.59 Å². The number of fused-ring (bicyclic) bond motifs is 4. The minimum Gasteiger partial charge on any atom is -0.479 e. The summed E-state index contributed by atoms with van der Waals surface area (Å²) in [6.07, 6.45) is 18.5. The van der Waals surface area contributed by atoms with E-state index < -0.39 is 12.2 Å². The molecule has 6 aromatic heterocycles. The summed E-state index contributed by atoms with van der Waals surface area (Å²) in [4.78, 5) is 53.9. The van der Waals surface area contributed by atoms with Crippen molar-refractivity contribution >= 4 is 57.1 Å². The zero-order valence-electron chi connectivity index (χ0n) is 36.0. The van der Waals surface area contributed by atoms with Gasteiger partial charge in [-0.3, -0.25) is 19.6 Å². The molecule has 2 saturated heterocycles. The summed E-state index contributed by atoms with van der Waals surface area (Å²) in [5.41, 5.74) is 9.95. The summed E-state index contributed by atoms with van der Waals surface area (Å²) in [6.45, 7) is 2.96. The van der Waals surface area contributed by atoms with Crippen molar-refractivity contribution in [1.29, 1.82) is 0 Å². The fourth-order valence-electron chi connectivity index (χ4n) is 10.3. The Bertz CT molecular complexity index is 2860. The summed E-state index contributed by atoms with van der Waals surface area (Å²) >= 11 is 12.9. The van der Waals surface area contributed by atoms with Gasteiger partial charge in [-0.2, -0.15) is 0 Å². The topological polar surface area (TPSA) is 142 Å². The highest BCUT2D eigenvalue weighted by molar-refractivity contribution is 6.31. The van der Waals surface area contributed by atoms with Crippen LogP contribution in [0.5, 0.6) is 11.5 Å². The Balaban J connectivity index is 0.000000146. The first-order valence-electron chi connectivity index (χ1n) is 22.5. The van der Waals surface area contributed by atoms with E-state index in [0.717, 1.165) is 119 Å². The molecule has 12 nitrogen and oxygen atoms in total. The Labute approximate surface area is 391 Å². The molecule has 2 N–H and O–H groups in total. The number of pyridine rings is 4. The van der Waals surface area contributed by atoms with Crippen LogP contribution in [0.15, 0.2) is 122 Å². The Hall–Kier alpha value is -6.76. The Morgan fingerprint density at radius 3 is 1.35 bits per heavy atom. The molecule has 0 aliphatic carbocycles. The van der Waals surface area contributed by atoms with E-state index >= 15 is 0 Å². The van der Waals surface area contributed by atoms with Gasteiger partial charge in [-0.05, 0) is 133 Å². The molecule has 4 aliphatic heterocycles. The highest BCUT2D eigenvalue weighted by atomic mass is 35.5. The summed E-state index contributed by atoms with van der Waals surface area (Å²) in [7, 11) is 0. The van der Waals surface area contributed by atoms with E-state index in [1.54, 1.807) is 12.4 Å². The van der Waals surface area contributed by atoms with Crippen molar-refractivity contribution in [1.82, 2.24) is 39.7 Å². The molecule has 0 spiro atoms. The van der Waals surface area contributed by atoms with Gasteiger partial charge in [0.05, 0.1) is 0 Å². The predicted molar refractivity (Wildman–Crippen MR) is 255 cm³/mol. The van der Waals surface area contributed by atoms with Crippen LogP contribution in [0.4, 0.5) is 0 Å². The maximum Gasteiger partial charge on any atom is 0.263 e. The van der Waals surface area contributed by atoms with Gasteiger partial charge in [-0.15, -0.1) is 0 Å². The molecule has 4 aliphatic rings. The van der Waals surface area contributed by atoms with Crippen LogP contribution in [0, 0.1) is 0 Å². The number of amides is 2. The number of benzene rings is 2. The van der Waals surface area contributed by atoms with Crippen LogP contribution in [0.2, 0.25) is 10.0 Å². The second-order valence-electron chi connectivity index (χ2n) is 17.5. The molecule has 12 rings (SSSR count). The number of likely N-dealkylation sites (tertiary alicyclic amines) is 2. The SMILES string of the molecule is O=C([C@@H]1Cc2cc(Cl)cc(-c3ccnc4[nH]ccc34)c2O1)N1CCC(c2ccncc2)CC1.O=C([C@H]1Cc2cc(Cl)cc(-c3ccnc4[nH]ccc34)c2O1)N1CCC(c2ccncc2)CC1. The number of carbonyl (C=O) groups excluding carboxylic acids is 2. The third-order valence-corrected chi connectivity index (χ3v) is 14.0. The third kappa shape index (κ3) is 8.13. The lowest BCUT2D eigenvalue weighted by Crippen LogP contribution is -2.45. The molecule has 2 fully saturated rings. The number of H-pyrrole nitrogens is 2. The molecule has 14 heteroatoms. The van der Waals surface area contributed by atoms with Crippen molar-refractivity contribution < 1.29 is 19.1 Å². The number of aromatic nitrogens is 6. The maximum absolute atomic E-state index is 13.4. The van der Waals surface area contributed by atoms with Gasteiger partial charge < -0.3 is 29.2 Å². The van der Waals surface area contributed by atoms with Gasteiger partial charge in [0.25, 0.3) is 11.8 Å². The zero-order chi connectivity index (χ0) is 44.7. The molecule has 8 aromatic rings. The maximum atomic E-state index is 13.4. The van der Waals surface area contributed by atoms with Crippen LogP contribution in [0.25, 0.3) is 44.3 Å². The van der Waals surface area contributed by atoms with Gasteiger partial charge >= 0.3 is 0 Å². The van der Waals surface area contributed by atoms with Gasteiger partial charge in [-0.1, -0.05) is 23.2 Å². The van der Waals surface area contributed by atoms with Gasteiger partial charge in [-0.25, -0.2) is 9.97 Å². The highest BCUT2D eigenvalue weighted by Crippen LogP contribution is 2.45. The molecule has 2 atom stereocenters. The molecule has 2 aromatic carbocycles. The molecule has 332 valence electrons. The van der Waals surface area contributed by atoms with Crippen molar-refractivity contribution in [2.45, 2.75) is 62.6 Å². The normalized spacial score (nSPS) is 18.3.